The summed E-state index contributed by atoms with van der Waals surface area (Å²) >= 11 is 3.43. The van der Waals surface area contributed by atoms with E-state index in [4.69, 9.17) is 0 Å². The molecular weight excluding hydrogens is 456 g/mol. The monoisotopic (exact) mass is 476 g/mol. The lowest BCUT2D eigenvalue weighted by Gasteiger charge is -2.48. The topological polar surface area (TPSA) is 83.9 Å². The molecule has 2 saturated carbocycles. The highest BCUT2D eigenvalue weighted by Gasteiger charge is 2.75. The molecule has 3 aliphatic rings. The summed E-state index contributed by atoms with van der Waals surface area (Å²) in [7, 11) is 0. The van der Waals surface area contributed by atoms with Gasteiger partial charge in [-0.05, 0) is 76.9 Å². The van der Waals surface area contributed by atoms with Gasteiger partial charge >= 0.3 is 0 Å². The number of halogens is 1. The number of aromatic nitrogens is 4. The van der Waals surface area contributed by atoms with E-state index in [0.29, 0.717) is 23.0 Å². The first kappa shape index (κ1) is 18.9. The standard InChI is InChI=1S/C23H21BrN6O/c1-13-7-16(19(28-10-13)21-25-5-2-6-26-21)22(31)30-12-14-8-23(14)9-17(20(23)30)29-18-4-3-15(24)11-27-18/h2-7,10-11,14,17,20H,8-9,12H2,1H3,(H,27,29). The van der Waals surface area contributed by atoms with E-state index in [1.165, 1.54) is 6.42 Å². The summed E-state index contributed by atoms with van der Waals surface area (Å²) in [6.45, 7) is 2.76. The van der Waals surface area contributed by atoms with Crippen molar-refractivity contribution in [1.82, 2.24) is 24.8 Å². The summed E-state index contributed by atoms with van der Waals surface area (Å²) in [5.74, 6) is 1.94. The Morgan fingerprint density at radius 2 is 2.00 bits per heavy atom. The smallest absolute Gasteiger partial charge is 0.256 e. The van der Waals surface area contributed by atoms with Crippen molar-refractivity contribution in [2.75, 3.05) is 11.9 Å². The molecule has 7 nitrogen and oxygen atoms in total. The van der Waals surface area contributed by atoms with Gasteiger partial charge in [-0.25, -0.2) is 15.0 Å². The summed E-state index contributed by atoms with van der Waals surface area (Å²) in [6, 6.07) is 8.01. The van der Waals surface area contributed by atoms with Gasteiger partial charge < -0.3 is 10.2 Å². The number of amides is 1. The number of carbonyl (C=O) groups excluding carboxylic acids is 1. The van der Waals surface area contributed by atoms with Gasteiger partial charge in [0.1, 0.15) is 11.5 Å². The van der Waals surface area contributed by atoms with Gasteiger partial charge in [0.2, 0.25) is 0 Å². The van der Waals surface area contributed by atoms with Crippen molar-refractivity contribution >= 4 is 27.7 Å². The minimum absolute atomic E-state index is 0.0190. The molecule has 1 amide bonds. The fourth-order valence-corrected chi connectivity index (χ4v) is 5.73. The van der Waals surface area contributed by atoms with Gasteiger partial charge in [0.05, 0.1) is 11.6 Å². The Kier molecular flexibility index (Phi) is 4.15. The van der Waals surface area contributed by atoms with E-state index in [0.717, 1.165) is 28.8 Å². The zero-order chi connectivity index (χ0) is 21.2. The second-order valence-corrected chi connectivity index (χ2v) is 9.75. The minimum Gasteiger partial charge on any atom is -0.365 e. The maximum absolute atomic E-state index is 13.8. The summed E-state index contributed by atoms with van der Waals surface area (Å²) in [4.78, 5) is 33.5. The SMILES string of the molecule is Cc1cnc(-c2ncccn2)c(C(=O)N2CC3CC34CC(Nc3ccc(Br)cn3)C24)c1. The number of hydrogen-bond donors (Lipinski definition) is 1. The average Bonchev–Trinajstić information content (AvgIpc) is 3.43. The van der Waals surface area contributed by atoms with Crippen LogP contribution >= 0.6 is 15.9 Å². The minimum atomic E-state index is 0.0190. The number of pyridine rings is 2. The van der Waals surface area contributed by atoms with Crippen LogP contribution in [-0.4, -0.2) is 49.4 Å². The number of nitrogens with one attached hydrogen (secondary N) is 1. The Morgan fingerprint density at radius 1 is 1.16 bits per heavy atom. The van der Waals surface area contributed by atoms with Crippen LogP contribution in [0.1, 0.15) is 28.8 Å². The molecule has 31 heavy (non-hydrogen) atoms. The highest BCUT2D eigenvalue weighted by atomic mass is 79.9. The zero-order valence-corrected chi connectivity index (χ0v) is 18.6. The van der Waals surface area contributed by atoms with Crippen LogP contribution in [0.15, 0.2) is 53.5 Å². The second kappa shape index (κ2) is 6.82. The van der Waals surface area contributed by atoms with Crippen molar-refractivity contribution in [2.45, 2.75) is 31.8 Å². The van der Waals surface area contributed by atoms with Gasteiger partial charge in [0.25, 0.3) is 5.91 Å². The average molecular weight is 477 g/mol. The molecule has 1 aliphatic heterocycles. The van der Waals surface area contributed by atoms with E-state index in [1.807, 2.05) is 25.1 Å². The Hall–Kier alpha value is -2.87. The fourth-order valence-electron chi connectivity index (χ4n) is 5.50. The van der Waals surface area contributed by atoms with Crippen molar-refractivity contribution in [3.8, 4) is 11.5 Å². The first-order valence-corrected chi connectivity index (χ1v) is 11.3. The summed E-state index contributed by atoms with van der Waals surface area (Å²) in [6.07, 6.45) is 9.21. The molecule has 0 aromatic carbocycles. The molecule has 8 heteroatoms. The molecule has 0 bridgehead atoms. The molecule has 4 atom stereocenters. The Labute approximate surface area is 188 Å². The van der Waals surface area contributed by atoms with Crippen LogP contribution in [0, 0.1) is 18.3 Å². The molecule has 2 aliphatic carbocycles. The predicted molar refractivity (Wildman–Crippen MR) is 119 cm³/mol. The molecule has 1 saturated heterocycles. The van der Waals surface area contributed by atoms with E-state index in [1.54, 1.807) is 30.9 Å². The summed E-state index contributed by atoms with van der Waals surface area (Å²) in [5, 5.41) is 3.56. The maximum atomic E-state index is 13.8. The van der Waals surface area contributed by atoms with Gasteiger partial charge in [0.15, 0.2) is 5.82 Å². The van der Waals surface area contributed by atoms with E-state index in [2.05, 4.69) is 46.1 Å². The third kappa shape index (κ3) is 2.96. The van der Waals surface area contributed by atoms with E-state index in [-0.39, 0.29) is 23.4 Å². The molecule has 4 unspecified atom stereocenters. The number of likely N-dealkylation sites (tertiary alicyclic amines) is 1. The molecular formula is C23H21BrN6O. The maximum Gasteiger partial charge on any atom is 0.256 e. The van der Waals surface area contributed by atoms with Crippen LogP contribution < -0.4 is 5.32 Å². The fraction of sp³-hybridized carbons (Fsp3) is 0.348. The molecule has 1 N–H and O–H groups in total. The number of anilines is 1. The van der Waals surface area contributed by atoms with Gasteiger partial charge in [-0.3, -0.25) is 9.78 Å². The lowest BCUT2D eigenvalue weighted by Crippen LogP contribution is -2.60. The van der Waals surface area contributed by atoms with E-state index in [9.17, 15) is 4.79 Å². The number of rotatable bonds is 4. The number of nitrogens with zero attached hydrogens (tertiary/aromatic N) is 5. The predicted octanol–water partition coefficient (Wildman–Crippen LogP) is 3.72. The van der Waals surface area contributed by atoms with Crippen molar-refractivity contribution in [3.05, 3.63) is 64.7 Å². The molecule has 1 spiro atoms. The van der Waals surface area contributed by atoms with Crippen LogP contribution in [0.4, 0.5) is 5.82 Å². The van der Waals surface area contributed by atoms with Gasteiger partial charge in [-0.15, -0.1) is 0 Å². The second-order valence-electron chi connectivity index (χ2n) is 8.83. The molecule has 3 fully saturated rings. The first-order chi connectivity index (χ1) is 15.0. The largest absolute Gasteiger partial charge is 0.365 e. The van der Waals surface area contributed by atoms with Crippen molar-refractivity contribution in [2.24, 2.45) is 11.3 Å². The van der Waals surface area contributed by atoms with Crippen LogP contribution in [-0.2, 0) is 0 Å². The van der Waals surface area contributed by atoms with Crippen molar-refractivity contribution in [1.29, 1.82) is 0 Å². The van der Waals surface area contributed by atoms with E-state index < -0.39 is 0 Å². The lowest BCUT2D eigenvalue weighted by atomic mass is 9.71. The van der Waals surface area contributed by atoms with Crippen molar-refractivity contribution < 1.29 is 4.79 Å². The summed E-state index contributed by atoms with van der Waals surface area (Å²) < 4.78 is 0.950. The molecule has 6 rings (SSSR count). The molecule has 3 aromatic heterocycles. The Balaban J connectivity index is 1.31. The van der Waals surface area contributed by atoms with Crippen molar-refractivity contribution in [3.63, 3.8) is 0 Å². The van der Waals surface area contributed by atoms with Crippen LogP contribution in [0.3, 0.4) is 0 Å². The third-order valence-electron chi connectivity index (χ3n) is 6.96. The van der Waals surface area contributed by atoms with Crippen LogP contribution in [0.5, 0.6) is 0 Å². The molecule has 4 heterocycles. The quantitative estimate of drug-likeness (QED) is 0.617. The number of piperidine rings is 1. The molecule has 156 valence electrons. The lowest BCUT2D eigenvalue weighted by molar-refractivity contribution is 0.0472. The third-order valence-corrected chi connectivity index (χ3v) is 7.43. The normalized spacial score (nSPS) is 27.8. The van der Waals surface area contributed by atoms with Gasteiger partial charge in [-0.1, -0.05) is 0 Å². The van der Waals surface area contributed by atoms with Gasteiger partial charge in [0, 0.05) is 41.8 Å². The molecule has 3 aromatic rings. The zero-order valence-electron chi connectivity index (χ0n) is 17.0. The Morgan fingerprint density at radius 3 is 2.77 bits per heavy atom. The number of carbonyl (C=O) groups is 1. The highest BCUT2D eigenvalue weighted by molar-refractivity contribution is 9.10. The van der Waals surface area contributed by atoms with Crippen LogP contribution in [0.2, 0.25) is 0 Å². The Bertz CT molecular complexity index is 1170. The number of hydrogen-bond acceptors (Lipinski definition) is 6. The summed E-state index contributed by atoms with van der Waals surface area (Å²) in [5.41, 5.74) is 2.35. The first-order valence-electron chi connectivity index (χ1n) is 10.5. The van der Waals surface area contributed by atoms with Crippen LogP contribution in [0.25, 0.3) is 11.5 Å². The van der Waals surface area contributed by atoms with Gasteiger partial charge in [-0.2, -0.15) is 0 Å². The highest BCUT2D eigenvalue weighted by Crippen LogP contribution is 2.71. The number of aryl methyl sites for hydroxylation is 1. The molecule has 0 radical (unpaired) electrons. The van der Waals surface area contributed by atoms with E-state index >= 15 is 0 Å².